The minimum Gasteiger partial charge on any atom is -0.481 e. The number of carbonyl (C=O) groups excluding carboxylic acids is 2. The Morgan fingerprint density at radius 2 is 2.06 bits per heavy atom. The molecule has 34 heavy (non-hydrogen) atoms. The first-order valence-electron chi connectivity index (χ1n) is 10.9. The number of nitrogen functional groups attached to an aromatic ring is 1. The highest BCUT2D eigenvalue weighted by atomic mass is 35.5. The van der Waals surface area contributed by atoms with Gasteiger partial charge in [-0.25, -0.2) is 9.97 Å². The number of piperazine rings is 1. The molecule has 1 saturated heterocycles. The highest BCUT2D eigenvalue weighted by Crippen LogP contribution is 2.23. The number of fused-ring (bicyclic) bond motifs is 1. The fourth-order valence-corrected chi connectivity index (χ4v) is 4.23. The van der Waals surface area contributed by atoms with E-state index >= 15 is 0 Å². The van der Waals surface area contributed by atoms with Gasteiger partial charge in [-0.1, -0.05) is 23.7 Å². The Morgan fingerprint density at radius 3 is 2.82 bits per heavy atom. The Kier molecular flexibility index (Phi) is 7.14. The van der Waals surface area contributed by atoms with E-state index in [1.54, 1.807) is 36.1 Å². The van der Waals surface area contributed by atoms with E-state index in [0.29, 0.717) is 41.7 Å². The van der Waals surface area contributed by atoms with Crippen LogP contribution < -0.4 is 10.5 Å². The average molecular weight is 484 g/mol. The largest absolute Gasteiger partial charge is 0.481 e. The second kappa shape index (κ2) is 10.2. The van der Waals surface area contributed by atoms with Crippen LogP contribution in [-0.4, -0.2) is 70.5 Å². The molecule has 1 aliphatic rings. The molecule has 10 heteroatoms. The van der Waals surface area contributed by atoms with Crippen molar-refractivity contribution in [3.05, 3.63) is 59.4 Å². The summed E-state index contributed by atoms with van der Waals surface area (Å²) in [5.41, 5.74) is 7.53. The van der Waals surface area contributed by atoms with E-state index in [0.717, 1.165) is 10.9 Å². The second-order valence-electron chi connectivity index (χ2n) is 8.09. The number of nitrogens with two attached hydrogens (primary N) is 1. The lowest BCUT2D eigenvalue weighted by Gasteiger charge is -2.41. The number of halogens is 1. The second-order valence-corrected chi connectivity index (χ2v) is 8.53. The van der Waals surface area contributed by atoms with Gasteiger partial charge < -0.3 is 25.0 Å². The number of nitrogens with zero attached hydrogens (tertiary/aromatic N) is 4. The van der Waals surface area contributed by atoms with E-state index in [4.69, 9.17) is 26.8 Å². The first-order valence-corrected chi connectivity index (χ1v) is 11.2. The highest BCUT2D eigenvalue weighted by Gasteiger charge is 2.39. The molecule has 1 aromatic heterocycles. The molecule has 0 radical (unpaired) electrons. The van der Waals surface area contributed by atoms with Crippen molar-refractivity contribution >= 4 is 40.1 Å². The monoisotopic (exact) mass is 483 g/mol. The lowest BCUT2D eigenvalue weighted by Crippen LogP contribution is -2.61. The molecule has 4 rings (SSSR count). The molecule has 2 amide bonds. The topological polar surface area (TPSA) is 111 Å². The van der Waals surface area contributed by atoms with E-state index in [1.165, 1.54) is 18.3 Å². The lowest BCUT2D eigenvalue weighted by molar-refractivity contribution is -0.157. The molecule has 0 saturated carbocycles. The van der Waals surface area contributed by atoms with Crippen LogP contribution in [0.1, 0.15) is 12.5 Å². The van der Waals surface area contributed by atoms with E-state index in [-0.39, 0.29) is 18.4 Å². The summed E-state index contributed by atoms with van der Waals surface area (Å²) in [6, 6.07) is 11.8. The highest BCUT2D eigenvalue weighted by molar-refractivity contribution is 6.30. The molecule has 0 spiro atoms. The number of benzene rings is 2. The van der Waals surface area contributed by atoms with Gasteiger partial charge in [0, 0.05) is 37.2 Å². The quantitative estimate of drug-likeness (QED) is 0.549. The fraction of sp³-hybridized carbons (Fsp3) is 0.333. The van der Waals surface area contributed by atoms with Crippen molar-refractivity contribution in [2.24, 2.45) is 0 Å². The molecule has 3 aromatic rings. The van der Waals surface area contributed by atoms with Crippen molar-refractivity contribution in [3.63, 3.8) is 0 Å². The molecule has 1 aliphatic heterocycles. The number of ether oxygens (including phenoxy) is 2. The van der Waals surface area contributed by atoms with Crippen molar-refractivity contribution in [2.75, 3.05) is 32.5 Å². The molecule has 2 unspecified atom stereocenters. The fourth-order valence-electron chi connectivity index (χ4n) is 4.05. The summed E-state index contributed by atoms with van der Waals surface area (Å²) >= 11 is 6.01. The molecule has 1 fully saturated rings. The summed E-state index contributed by atoms with van der Waals surface area (Å²) in [7, 11) is 1.51. The maximum atomic E-state index is 13.3. The summed E-state index contributed by atoms with van der Waals surface area (Å²) in [5, 5.41) is 1.28. The molecule has 2 atom stereocenters. The third-order valence-electron chi connectivity index (χ3n) is 5.75. The molecular formula is C24H26ClN5O4. The smallest absolute Gasteiger partial charge is 0.264 e. The summed E-state index contributed by atoms with van der Waals surface area (Å²) in [6.45, 7) is 2.89. The van der Waals surface area contributed by atoms with Gasteiger partial charge >= 0.3 is 0 Å². The SMILES string of the molecule is COCC1C(=O)N(Cc2ccc3c(N)ncnc3c2)CCN1C(=O)C(C)Oc1cccc(Cl)c1. The maximum absolute atomic E-state index is 13.3. The molecular weight excluding hydrogens is 458 g/mol. The van der Waals surface area contributed by atoms with E-state index < -0.39 is 12.1 Å². The molecule has 2 aromatic carbocycles. The molecule has 178 valence electrons. The van der Waals surface area contributed by atoms with Crippen molar-refractivity contribution in [3.8, 4) is 5.75 Å². The maximum Gasteiger partial charge on any atom is 0.264 e. The van der Waals surface area contributed by atoms with Crippen LogP contribution in [0, 0.1) is 0 Å². The van der Waals surface area contributed by atoms with Crippen LogP contribution in [0.3, 0.4) is 0 Å². The Hall–Kier alpha value is -3.43. The zero-order valence-corrected chi connectivity index (χ0v) is 19.7. The summed E-state index contributed by atoms with van der Waals surface area (Å²) in [6.07, 6.45) is 0.626. The predicted molar refractivity (Wildman–Crippen MR) is 128 cm³/mol. The zero-order valence-electron chi connectivity index (χ0n) is 19.0. The number of rotatable bonds is 7. The zero-order chi connectivity index (χ0) is 24.2. The number of aromatic nitrogens is 2. The number of methoxy groups -OCH3 is 1. The van der Waals surface area contributed by atoms with Gasteiger partial charge in [0.1, 0.15) is 23.9 Å². The van der Waals surface area contributed by atoms with Crippen LogP contribution in [0.5, 0.6) is 5.75 Å². The minimum absolute atomic E-state index is 0.0897. The van der Waals surface area contributed by atoms with Gasteiger partial charge in [-0.05, 0) is 42.8 Å². The summed E-state index contributed by atoms with van der Waals surface area (Å²) < 4.78 is 11.1. The van der Waals surface area contributed by atoms with Crippen molar-refractivity contribution in [2.45, 2.75) is 25.6 Å². The van der Waals surface area contributed by atoms with E-state index in [2.05, 4.69) is 9.97 Å². The number of hydrogen-bond acceptors (Lipinski definition) is 7. The van der Waals surface area contributed by atoms with E-state index in [9.17, 15) is 9.59 Å². The van der Waals surface area contributed by atoms with Crippen LogP contribution in [-0.2, 0) is 20.9 Å². The van der Waals surface area contributed by atoms with E-state index in [1.807, 2.05) is 18.2 Å². The first-order chi connectivity index (χ1) is 16.4. The Balaban J connectivity index is 1.47. The van der Waals surface area contributed by atoms with Crippen LogP contribution in [0.25, 0.3) is 10.9 Å². The predicted octanol–water partition coefficient (Wildman–Crippen LogP) is 2.52. The molecule has 2 N–H and O–H groups in total. The number of amides is 2. The standard InChI is InChI=1S/C24H26ClN5O4/c1-15(34-18-5-3-4-17(25)11-18)23(31)30-9-8-29(24(32)21(30)13-33-2)12-16-6-7-19-20(10-16)27-14-28-22(19)26/h3-7,10-11,14-15,21H,8-9,12-13H2,1-2H3,(H2,26,27,28). The van der Waals surface area contributed by atoms with Gasteiger partial charge in [-0.2, -0.15) is 0 Å². The van der Waals surface area contributed by atoms with Crippen LogP contribution in [0.15, 0.2) is 48.8 Å². The Bertz CT molecular complexity index is 1210. The first kappa shape index (κ1) is 23.7. The minimum atomic E-state index is -0.789. The van der Waals surface area contributed by atoms with Crippen molar-refractivity contribution < 1.29 is 19.1 Å². The van der Waals surface area contributed by atoms with Gasteiger partial charge in [-0.3, -0.25) is 9.59 Å². The van der Waals surface area contributed by atoms with Crippen molar-refractivity contribution in [1.82, 2.24) is 19.8 Å². The third-order valence-corrected chi connectivity index (χ3v) is 5.99. The third kappa shape index (κ3) is 5.05. The van der Waals surface area contributed by atoms with Crippen LogP contribution >= 0.6 is 11.6 Å². The average Bonchev–Trinajstić information content (AvgIpc) is 2.81. The lowest BCUT2D eigenvalue weighted by atomic mass is 10.1. The molecule has 0 bridgehead atoms. The van der Waals surface area contributed by atoms with Crippen LogP contribution in [0.2, 0.25) is 5.02 Å². The summed E-state index contributed by atoms with van der Waals surface area (Å²) in [5.74, 6) is 0.433. The van der Waals surface area contributed by atoms with Crippen LogP contribution in [0.4, 0.5) is 5.82 Å². The molecule has 9 nitrogen and oxygen atoms in total. The van der Waals surface area contributed by atoms with Gasteiger partial charge in [-0.15, -0.1) is 0 Å². The molecule has 2 heterocycles. The van der Waals surface area contributed by atoms with Gasteiger partial charge in [0.15, 0.2) is 6.10 Å². The number of carbonyl (C=O) groups is 2. The number of hydrogen-bond donors (Lipinski definition) is 1. The van der Waals surface area contributed by atoms with Crippen molar-refractivity contribution in [1.29, 1.82) is 0 Å². The normalized spacial score (nSPS) is 17.1. The Morgan fingerprint density at radius 1 is 1.24 bits per heavy atom. The van der Waals surface area contributed by atoms with Gasteiger partial charge in [0.05, 0.1) is 12.1 Å². The molecule has 0 aliphatic carbocycles. The number of anilines is 1. The Labute approximate surface area is 202 Å². The summed E-state index contributed by atoms with van der Waals surface area (Å²) in [4.78, 5) is 38.0. The van der Waals surface area contributed by atoms with Gasteiger partial charge in [0.25, 0.3) is 5.91 Å². The van der Waals surface area contributed by atoms with Gasteiger partial charge in [0.2, 0.25) is 5.91 Å².